The summed E-state index contributed by atoms with van der Waals surface area (Å²) in [6.07, 6.45) is 1.19. The molecule has 112 valence electrons. The number of aliphatic hydroxyl groups excluding tert-OH is 1. The van der Waals surface area contributed by atoms with Gasteiger partial charge in [0, 0.05) is 26.3 Å². The van der Waals surface area contributed by atoms with Gasteiger partial charge in [-0.2, -0.15) is 4.31 Å². The molecule has 0 radical (unpaired) electrons. The molecule has 1 aliphatic rings. The van der Waals surface area contributed by atoms with Gasteiger partial charge in [-0.25, -0.2) is 13.2 Å². The molecule has 1 aromatic rings. The van der Waals surface area contributed by atoms with Crippen LogP contribution in [0.25, 0.3) is 0 Å². The van der Waals surface area contributed by atoms with Crippen molar-refractivity contribution in [1.29, 1.82) is 0 Å². The first-order valence-corrected chi connectivity index (χ1v) is 7.75. The molecule has 2 N–H and O–H groups in total. The zero-order valence-electron chi connectivity index (χ0n) is 11.4. The van der Waals surface area contributed by atoms with Crippen LogP contribution in [0.15, 0.2) is 17.2 Å². The zero-order valence-corrected chi connectivity index (χ0v) is 12.2. The van der Waals surface area contributed by atoms with Crippen LogP contribution in [0.1, 0.15) is 23.8 Å². The molecule has 0 aliphatic carbocycles. The Bertz CT molecular complexity index is 622. The number of aromatic carboxylic acids is 1. The Morgan fingerprint density at radius 1 is 1.45 bits per heavy atom. The van der Waals surface area contributed by atoms with Gasteiger partial charge in [-0.05, 0) is 18.4 Å². The summed E-state index contributed by atoms with van der Waals surface area (Å²) >= 11 is 0. The van der Waals surface area contributed by atoms with Crippen molar-refractivity contribution in [3.05, 3.63) is 18.0 Å². The largest absolute Gasteiger partial charge is 0.477 e. The van der Waals surface area contributed by atoms with Gasteiger partial charge >= 0.3 is 5.97 Å². The highest BCUT2D eigenvalue weighted by Gasteiger charge is 2.33. The van der Waals surface area contributed by atoms with E-state index >= 15 is 0 Å². The molecule has 0 aromatic carbocycles. The zero-order chi connectivity index (χ0) is 15.1. The summed E-state index contributed by atoms with van der Waals surface area (Å²) in [5.41, 5.74) is -0.0753. The number of carboxylic acids is 1. The minimum atomic E-state index is -3.72. The highest BCUT2D eigenvalue weighted by Crippen LogP contribution is 2.24. The average Bonchev–Trinajstić information content (AvgIpc) is 2.75. The number of piperidine rings is 1. The number of aryl methyl sites for hydroxylation is 1. The van der Waals surface area contributed by atoms with E-state index in [1.165, 1.54) is 22.1 Å². The van der Waals surface area contributed by atoms with E-state index < -0.39 is 22.1 Å². The lowest BCUT2D eigenvalue weighted by atomic mass is 9.99. The molecule has 7 nitrogen and oxygen atoms in total. The SMILES string of the molecule is CC1CN(S(=O)(=O)c2cc(C(=O)O)n(C)c2)CCC1O. The van der Waals surface area contributed by atoms with Crippen LogP contribution in [0.2, 0.25) is 0 Å². The lowest BCUT2D eigenvalue weighted by Crippen LogP contribution is -2.44. The third kappa shape index (κ3) is 2.58. The molecule has 1 aliphatic heterocycles. The van der Waals surface area contributed by atoms with Crippen LogP contribution in [-0.2, 0) is 17.1 Å². The number of rotatable bonds is 3. The molecule has 0 saturated carbocycles. The molecule has 0 spiro atoms. The number of hydrogen-bond acceptors (Lipinski definition) is 4. The van der Waals surface area contributed by atoms with Gasteiger partial charge in [0.25, 0.3) is 0 Å². The van der Waals surface area contributed by atoms with Crippen LogP contribution in [0.5, 0.6) is 0 Å². The number of hydrogen-bond donors (Lipinski definition) is 2. The number of carboxylic acid groups (broad SMARTS) is 1. The first-order valence-electron chi connectivity index (χ1n) is 6.31. The fourth-order valence-electron chi connectivity index (χ4n) is 2.35. The Kier molecular flexibility index (Phi) is 3.90. The second kappa shape index (κ2) is 5.19. The van der Waals surface area contributed by atoms with E-state index in [1.807, 2.05) is 0 Å². The molecule has 0 bridgehead atoms. The van der Waals surface area contributed by atoms with E-state index in [4.69, 9.17) is 5.11 Å². The quantitative estimate of drug-likeness (QED) is 0.826. The van der Waals surface area contributed by atoms with E-state index in [0.717, 1.165) is 6.07 Å². The third-order valence-electron chi connectivity index (χ3n) is 3.66. The fourth-order valence-corrected chi connectivity index (χ4v) is 3.98. The maximum Gasteiger partial charge on any atom is 0.352 e. The smallest absolute Gasteiger partial charge is 0.352 e. The Morgan fingerprint density at radius 3 is 2.60 bits per heavy atom. The normalized spacial score (nSPS) is 24.8. The number of nitrogens with zero attached hydrogens (tertiary/aromatic N) is 2. The Labute approximate surface area is 117 Å². The van der Waals surface area contributed by atoms with Crippen molar-refractivity contribution in [1.82, 2.24) is 8.87 Å². The number of aliphatic hydroxyl groups is 1. The van der Waals surface area contributed by atoms with Crippen molar-refractivity contribution in [3.8, 4) is 0 Å². The first kappa shape index (κ1) is 15.0. The standard InChI is InChI=1S/C12H18N2O5S/c1-8-6-14(4-3-11(8)15)20(18,19)9-5-10(12(16)17)13(2)7-9/h5,7-8,11,15H,3-4,6H2,1-2H3,(H,16,17). The van der Waals surface area contributed by atoms with Crippen LogP contribution in [0.3, 0.4) is 0 Å². The minimum Gasteiger partial charge on any atom is -0.477 e. The van der Waals surface area contributed by atoms with Gasteiger partial charge in [-0.15, -0.1) is 0 Å². The minimum absolute atomic E-state index is 0.0269. The maximum absolute atomic E-state index is 12.5. The maximum atomic E-state index is 12.5. The highest BCUT2D eigenvalue weighted by molar-refractivity contribution is 7.89. The summed E-state index contributed by atoms with van der Waals surface area (Å²) < 4.78 is 27.5. The molecule has 1 aromatic heterocycles. The van der Waals surface area contributed by atoms with Gasteiger partial charge in [0.15, 0.2) is 0 Å². The van der Waals surface area contributed by atoms with E-state index in [9.17, 15) is 18.3 Å². The second-order valence-electron chi connectivity index (χ2n) is 5.17. The van der Waals surface area contributed by atoms with Crippen molar-refractivity contribution >= 4 is 16.0 Å². The van der Waals surface area contributed by atoms with Crippen LogP contribution in [-0.4, -0.2) is 52.7 Å². The van der Waals surface area contributed by atoms with E-state index in [-0.39, 0.29) is 29.6 Å². The number of carbonyl (C=O) groups is 1. The predicted molar refractivity (Wildman–Crippen MR) is 70.9 cm³/mol. The average molecular weight is 302 g/mol. The van der Waals surface area contributed by atoms with Gasteiger partial charge in [-0.1, -0.05) is 6.92 Å². The molecule has 2 atom stereocenters. The van der Waals surface area contributed by atoms with Crippen LogP contribution < -0.4 is 0 Å². The monoisotopic (exact) mass is 302 g/mol. The first-order chi connectivity index (χ1) is 9.23. The Balaban J connectivity index is 2.31. The predicted octanol–water partition coefficient (Wildman–Crippen LogP) is 0.115. The molecular formula is C12H18N2O5S. The summed E-state index contributed by atoms with van der Waals surface area (Å²) in [5, 5.41) is 18.6. The van der Waals surface area contributed by atoms with E-state index in [0.29, 0.717) is 6.42 Å². The number of aromatic nitrogens is 1. The van der Waals surface area contributed by atoms with Crippen molar-refractivity contribution in [2.75, 3.05) is 13.1 Å². The van der Waals surface area contributed by atoms with Crippen LogP contribution in [0.4, 0.5) is 0 Å². The van der Waals surface area contributed by atoms with Gasteiger partial charge < -0.3 is 14.8 Å². The molecular weight excluding hydrogens is 284 g/mol. The molecule has 8 heteroatoms. The van der Waals surface area contributed by atoms with Gasteiger partial charge in [0.1, 0.15) is 10.6 Å². The van der Waals surface area contributed by atoms with Crippen molar-refractivity contribution in [3.63, 3.8) is 0 Å². The lowest BCUT2D eigenvalue weighted by molar-refractivity contribution is 0.0628. The van der Waals surface area contributed by atoms with Crippen molar-refractivity contribution in [2.24, 2.45) is 13.0 Å². The molecule has 0 amide bonds. The van der Waals surface area contributed by atoms with Gasteiger partial charge in [0.05, 0.1) is 6.10 Å². The topological polar surface area (TPSA) is 99.8 Å². The molecule has 20 heavy (non-hydrogen) atoms. The highest BCUT2D eigenvalue weighted by atomic mass is 32.2. The summed E-state index contributed by atoms with van der Waals surface area (Å²) in [6, 6.07) is 1.16. The summed E-state index contributed by atoms with van der Waals surface area (Å²) in [4.78, 5) is 10.9. The molecule has 2 unspecified atom stereocenters. The Hall–Kier alpha value is -1.38. The molecule has 2 heterocycles. The number of sulfonamides is 1. The second-order valence-corrected chi connectivity index (χ2v) is 7.11. The van der Waals surface area contributed by atoms with Gasteiger partial charge in [0.2, 0.25) is 10.0 Å². The molecule has 2 rings (SSSR count). The third-order valence-corrected chi connectivity index (χ3v) is 5.49. The van der Waals surface area contributed by atoms with Crippen molar-refractivity contribution < 1.29 is 23.4 Å². The van der Waals surface area contributed by atoms with Gasteiger partial charge in [-0.3, -0.25) is 0 Å². The van der Waals surface area contributed by atoms with Crippen LogP contribution in [0, 0.1) is 5.92 Å². The summed E-state index contributed by atoms with van der Waals surface area (Å²) in [6.45, 7) is 2.27. The summed E-state index contributed by atoms with van der Waals surface area (Å²) in [5.74, 6) is -1.31. The van der Waals surface area contributed by atoms with E-state index in [2.05, 4.69) is 0 Å². The lowest BCUT2D eigenvalue weighted by Gasteiger charge is -2.33. The van der Waals surface area contributed by atoms with E-state index in [1.54, 1.807) is 6.92 Å². The molecule has 1 saturated heterocycles. The molecule has 1 fully saturated rings. The van der Waals surface area contributed by atoms with Crippen LogP contribution >= 0.6 is 0 Å². The van der Waals surface area contributed by atoms with Crippen molar-refractivity contribution in [2.45, 2.75) is 24.3 Å². The fraction of sp³-hybridized carbons (Fsp3) is 0.583. The summed E-state index contributed by atoms with van der Waals surface area (Å²) in [7, 11) is -2.22. The Morgan fingerprint density at radius 2 is 2.10 bits per heavy atom.